The van der Waals surface area contributed by atoms with Crippen LogP contribution in [0.5, 0.6) is 0 Å². The number of carbonyl (C=O) groups is 2. The number of nitrogens with zero attached hydrogens (tertiary/aromatic N) is 1. The van der Waals surface area contributed by atoms with Crippen molar-refractivity contribution in [3.05, 3.63) is 11.6 Å². The summed E-state index contributed by atoms with van der Waals surface area (Å²) in [6.45, 7) is 1.19. The fourth-order valence-electron chi connectivity index (χ4n) is 0.855. The number of rotatable bonds is 2. The largest absolute Gasteiger partial charge is 0.464 e. The SMILES string of the molecule is COC(=O)c1n[nH]c(F)c1NC(C)=O. The van der Waals surface area contributed by atoms with E-state index in [2.05, 4.69) is 15.2 Å². The minimum atomic E-state index is -0.888. The molecule has 1 heterocycles. The number of hydrogen-bond donors (Lipinski definition) is 2. The molecule has 0 spiro atoms. The molecule has 0 aliphatic rings. The Labute approximate surface area is 78.4 Å². The fourth-order valence-corrected chi connectivity index (χ4v) is 0.855. The Bertz CT molecular complexity index is 374. The molecule has 1 aromatic heterocycles. The molecule has 0 aromatic carbocycles. The number of methoxy groups -OCH3 is 1. The summed E-state index contributed by atoms with van der Waals surface area (Å²) in [7, 11) is 1.13. The summed E-state index contributed by atoms with van der Waals surface area (Å²) in [5.41, 5.74) is -0.593. The number of halogens is 1. The first-order valence-corrected chi connectivity index (χ1v) is 3.66. The van der Waals surface area contributed by atoms with Crippen LogP contribution < -0.4 is 5.32 Å². The van der Waals surface area contributed by atoms with Crippen molar-refractivity contribution in [1.29, 1.82) is 0 Å². The number of amides is 1. The fraction of sp³-hybridized carbons (Fsp3) is 0.286. The van der Waals surface area contributed by atoms with Gasteiger partial charge in [0.25, 0.3) is 0 Å². The molecule has 0 saturated heterocycles. The number of H-pyrrole nitrogens is 1. The third-order valence-electron chi connectivity index (χ3n) is 1.40. The van der Waals surface area contributed by atoms with E-state index < -0.39 is 17.8 Å². The van der Waals surface area contributed by atoms with Gasteiger partial charge in [-0.05, 0) is 0 Å². The van der Waals surface area contributed by atoms with Crippen molar-refractivity contribution in [2.24, 2.45) is 0 Å². The van der Waals surface area contributed by atoms with Crippen LogP contribution in [0.15, 0.2) is 0 Å². The van der Waals surface area contributed by atoms with E-state index in [0.29, 0.717) is 0 Å². The van der Waals surface area contributed by atoms with Crippen LogP contribution in [0, 0.1) is 5.95 Å². The molecule has 76 valence electrons. The van der Waals surface area contributed by atoms with E-state index in [1.54, 1.807) is 0 Å². The second-order valence-electron chi connectivity index (χ2n) is 2.43. The molecule has 6 nitrogen and oxygen atoms in total. The molecule has 0 fully saturated rings. The average Bonchev–Trinajstić information content (AvgIpc) is 2.46. The monoisotopic (exact) mass is 201 g/mol. The second-order valence-corrected chi connectivity index (χ2v) is 2.43. The molecule has 1 aromatic rings. The lowest BCUT2D eigenvalue weighted by Gasteiger charge is -2.00. The van der Waals surface area contributed by atoms with Gasteiger partial charge in [0, 0.05) is 6.92 Å². The molecule has 14 heavy (non-hydrogen) atoms. The van der Waals surface area contributed by atoms with Crippen molar-refractivity contribution >= 4 is 17.6 Å². The highest BCUT2D eigenvalue weighted by molar-refractivity contribution is 5.99. The zero-order chi connectivity index (χ0) is 10.7. The Morgan fingerprint density at radius 1 is 1.57 bits per heavy atom. The van der Waals surface area contributed by atoms with Gasteiger partial charge in [0.15, 0.2) is 5.69 Å². The molecule has 7 heteroatoms. The highest BCUT2D eigenvalue weighted by Gasteiger charge is 2.20. The van der Waals surface area contributed by atoms with Crippen molar-refractivity contribution in [2.45, 2.75) is 6.92 Å². The smallest absolute Gasteiger partial charge is 0.360 e. The van der Waals surface area contributed by atoms with Crippen molar-refractivity contribution in [2.75, 3.05) is 12.4 Å². The third kappa shape index (κ3) is 1.87. The number of aromatic amines is 1. The predicted molar refractivity (Wildman–Crippen MR) is 44.2 cm³/mol. The number of esters is 1. The average molecular weight is 201 g/mol. The quantitative estimate of drug-likeness (QED) is 0.673. The number of ether oxygens (including phenoxy) is 1. The van der Waals surface area contributed by atoms with Crippen LogP contribution in [0.4, 0.5) is 10.1 Å². The molecule has 0 saturated carbocycles. The second kappa shape index (κ2) is 3.86. The molecular weight excluding hydrogens is 193 g/mol. The Kier molecular flexibility index (Phi) is 2.80. The number of hydrogen-bond acceptors (Lipinski definition) is 4. The van der Waals surface area contributed by atoms with Crippen LogP contribution in [-0.4, -0.2) is 29.2 Å². The number of anilines is 1. The van der Waals surface area contributed by atoms with Crippen LogP contribution in [0.3, 0.4) is 0 Å². The lowest BCUT2D eigenvalue weighted by molar-refractivity contribution is -0.114. The standard InChI is InChI=1S/C7H8FN3O3/c1-3(12)9-4-5(7(13)14-2)10-11-6(4)8/h1-2H3,(H,9,12)(H,10,11). The highest BCUT2D eigenvalue weighted by atomic mass is 19.1. The summed E-state index contributed by atoms with van der Waals surface area (Å²) in [5, 5.41) is 7.40. The van der Waals surface area contributed by atoms with E-state index in [1.165, 1.54) is 6.92 Å². The molecule has 0 aliphatic heterocycles. The number of nitrogens with one attached hydrogen (secondary N) is 2. The van der Waals surface area contributed by atoms with Crippen LogP contribution in [0.25, 0.3) is 0 Å². The topological polar surface area (TPSA) is 84.1 Å². The predicted octanol–water partition coefficient (Wildman–Crippen LogP) is 0.294. The minimum absolute atomic E-state index is 0.291. The van der Waals surface area contributed by atoms with E-state index in [0.717, 1.165) is 7.11 Å². The van der Waals surface area contributed by atoms with Crippen LogP contribution in [0.2, 0.25) is 0 Å². The van der Waals surface area contributed by atoms with Crippen molar-refractivity contribution in [3.8, 4) is 0 Å². The molecular formula is C7H8FN3O3. The molecule has 0 bridgehead atoms. The summed E-state index contributed by atoms with van der Waals surface area (Å²) >= 11 is 0. The zero-order valence-electron chi connectivity index (χ0n) is 7.55. The third-order valence-corrected chi connectivity index (χ3v) is 1.40. The maximum absolute atomic E-state index is 12.9. The molecule has 2 N–H and O–H groups in total. The first kappa shape index (κ1) is 10.2. The molecule has 0 unspecified atom stereocenters. The zero-order valence-corrected chi connectivity index (χ0v) is 7.55. The van der Waals surface area contributed by atoms with Crippen molar-refractivity contribution in [1.82, 2.24) is 10.2 Å². The van der Waals surface area contributed by atoms with Gasteiger partial charge in [0.2, 0.25) is 11.9 Å². The van der Waals surface area contributed by atoms with Crippen LogP contribution in [0.1, 0.15) is 17.4 Å². The molecule has 0 aliphatic carbocycles. The van der Waals surface area contributed by atoms with Gasteiger partial charge in [-0.1, -0.05) is 0 Å². The van der Waals surface area contributed by atoms with Gasteiger partial charge in [-0.25, -0.2) is 4.79 Å². The summed E-state index contributed by atoms with van der Waals surface area (Å²) in [6, 6.07) is 0. The maximum Gasteiger partial charge on any atom is 0.360 e. The minimum Gasteiger partial charge on any atom is -0.464 e. The molecule has 1 rings (SSSR count). The molecule has 0 radical (unpaired) electrons. The van der Waals surface area contributed by atoms with E-state index >= 15 is 0 Å². The Morgan fingerprint density at radius 3 is 2.71 bits per heavy atom. The van der Waals surface area contributed by atoms with Gasteiger partial charge in [0.05, 0.1) is 7.11 Å². The van der Waals surface area contributed by atoms with E-state index in [1.807, 2.05) is 5.10 Å². The van der Waals surface area contributed by atoms with E-state index in [9.17, 15) is 14.0 Å². The highest BCUT2D eigenvalue weighted by Crippen LogP contribution is 2.17. The molecule has 0 atom stereocenters. The van der Waals surface area contributed by atoms with Crippen molar-refractivity contribution in [3.63, 3.8) is 0 Å². The maximum atomic E-state index is 12.9. The first-order valence-electron chi connectivity index (χ1n) is 3.66. The van der Waals surface area contributed by atoms with E-state index in [4.69, 9.17) is 0 Å². The van der Waals surface area contributed by atoms with Gasteiger partial charge in [-0.15, -0.1) is 0 Å². The van der Waals surface area contributed by atoms with Crippen molar-refractivity contribution < 1.29 is 18.7 Å². The lowest BCUT2D eigenvalue weighted by atomic mass is 10.3. The summed E-state index contributed by atoms with van der Waals surface area (Å²) in [4.78, 5) is 21.7. The van der Waals surface area contributed by atoms with Crippen LogP contribution >= 0.6 is 0 Å². The number of aromatic nitrogens is 2. The van der Waals surface area contributed by atoms with E-state index in [-0.39, 0.29) is 11.4 Å². The van der Waals surface area contributed by atoms with Gasteiger partial charge in [-0.3, -0.25) is 9.89 Å². The Hall–Kier alpha value is -1.92. The Morgan fingerprint density at radius 2 is 2.21 bits per heavy atom. The first-order chi connectivity index (χ1) is 6.56. The van der Waals surface area contributed by atoms with Gasteiger partial charge in [-0.2, -0.15) is 9.49 Å². The summed E-state index contributed by atoms with van der Waals surface area (Å²) < 4.78 is 17.3. The van der Waals surface area contributed by atoms with Gasteiger partial charge in [0.1, 0.15) is 5.69 Å². The molecule has 1 amide bonds. The summed E-state index contributed by atoms with van der Waals surface area (Å²) in [6.07, 6.45) is 0. The summed E-state index contributed by atoms with van der Waals surface area (Å²) in [5.74, 6) is -2.22. The lowest BCUT2D eigenvalue weighted by Crippen LogP contribution is -2.11. The van der Waals surface area contributed by atoms with Gasteiger partial charge < -0.3 is 10.1 Å². The number of carbonyl (C=O) groups excluding carboxylic acids is 2. The normalized spacial score (nSPS) is 9.64. The van der Waals surface area contributed by atoms with Gasteiger partial charge >= 0.3 is 5.97 Å². The van der Waals surface area contributed by atoms with Crippen LogP contribution in [-0.2, 0) is 9.53 Å². The Balaban J connectivity index is 3.05.